The van der Waals surface area contributed by atoms with Crippen molar-refractivity contribution in [3.8, 4) is 0 Å². The molecule has 0 spiro atoms. The van der Waals surface area contributed by atoms with Gasteiger partial charge in [-0.25, -0.2) is 4.79 Å². The Morgan fingerprint density at radius 1 is 1.55 bits per heavy atom. The molecule has 11 heavy (non-hydrogen) atoms. The lowest BCUT2D eigenvalue weighted by molar-refractivity contribution is -0.158. The smallest absolute Gasteiger partial charge is 0.335 e. The van der Waals surface area contributed by atoms with E-state index in [-0.39, 0.29) is 12.8 Å². The summed E-state index contributed by atoms with van der Waals surface area (Å²) in [4.78, 5) is 10.5. The summed E-state index contributed by atoms with van der Waals surface area (Å²) in [6, 6.07) is 0. The summed E-state index contributed by atoms with van der Waals surface area (Å²) in [7, 11) is 0. The molecule has 0 saturated heterocycles. The monoisotopic (exact) mass is 159 g/mol. The number of carboxylic acid groups (broad SMARTS) is 1. The molecule has 2 unspecified atom stereocenters. The van der Waals surface area contributed by atoms with Gasteiger partial charge in [-0.2, -0.15) is 0 Å². The van der Waals surface area contributed by atoms with Crippen molar-refractivity contribution in [3.05, 3.63) is 0 Å². The highest BCUT2D eigenvalue weighted by Gasteiger charge is 2.47. The number of aliphatic hydroxyl groups is 1. The maximum atomic E-state index is 10.5. The van der Waals surface area contributed by atoms with E-state index in [0.29, 0.717) is 6.42 Å². The summed E-state index contributed by atoms with van der Waals surface area (Å²) in [5.74, 6) is -1.16. The Morgan fingerprint density at radius 2 is 2.09 bits per heavy atom. The highest BCUT2D eigenvalue weighted by atomic mass is 16.4. The van der Waals surface area contributed by atoms with Gasteiger partial charge in [0.2, 0.25) is 0 Å². The number of carboxylic acids is 1. The number of nitrogens with two attached hydrogens (primary N) is 1. The molecule has 4 heteroatoms. The maximum Gasteiger partial charge on any atom is 0.335 e. The Labute approximate surface area is 65.0 Å². The highest BCUT2D eigenvalue weighted by Crippen LogP contribution is 2.35. The third-order valence-corrected chi connectivity index (χ3v) is 2.20. The van der Waals surface area contributed by atoms with Crippen LogP contribution in [0.3, 0.4) is 0 Å². The molecule has 0 aromatic carbocycles. The lowest BCUT2D eigenvalue weighted by Crippen LogP contribution is -2.41. The van der Waals surface area contributed by atoms with Crippen molar-refractivity contribution in [2.45, 2.75) is 37.3 Å². The maximum absolute atomic E-state index is 10.5. The fourth-order valence-electron chi connectivity index (χ4n) is 1.52. The van der Waals surface area contributed by atoms with E-state index in [2.05, 4.69) is 0 Å². The number of hydrogen-bond acceptors (Lipinski definition) is 3. The molecule has 2 atom stereocenters. The minimum absolute atomic E-state index is 0.148. The number of carbonyl (C=O) groups is 1. The van der Waals surface area contributed by atoms with Gasteiger partial charge >= 0.3 is 5.97 Å². The van der Waals surface area contributed by atoms with Gasteiger partial charge in [-0.3, -0.25) is 0 Å². The molecule has 1 saturated carbocycles. The lowest BCUT2D eigenvalue weighted by atomic mass is 9.97. The Hall–Kier alpha value is -0.610. The predicted molar refractivity (Wildman–Crippen MR) is 39.0 cm³/mol. The fraction of sp³-hybridized carbons (Fsp3) is 0.857. The van der Waals surface area contributed by atoms with E-state index in [1.54, 1.807) is 6.92 Å². The van der Waals surface area contributed by atoms with Crippen molar-refractivity contribution in [1.82, 2.24) is 0 Å². The van der Waals surface area contributed by atoms with E-state index in [1.165, 1.54) is 0 Å². The predicted octanol–water partition coefficient (Wildman–Crippen LogP) is -0.297. The van der Waals surface area contributed by atoms with Gasteiger partial charge in [-0.05, 0) is 19.8 Å². The third-order valence-electron chi connectivity index (χ3n) is 2.20. The van der Waals surface area contributed by atoms with Gasteiger partial charge in [0.25, 0.3) is 0 Å². The van der Waals surface area contributed by atoms with Crippen LogP contribution in [-0.4, -0.2) is 27.3 Å². The average molecular weight is 159 g/mol. The Kier molecular flexibility index (Phi) is 1.69. The zero-order valence-corrected chi connectivity index (χ0v) is 6.50. The van der Waals surface area contributed by atoms with Crippen LogP contribution in [0.1, 0.15) is 26.2 Å². The zero-order valence-electron chi connectivity index (χ0n) is 6.50. The number of rotatable bonds is 1. The molecule has 0 bridgehead atoms. The number of aliphatic carboxylic acids is 1. The quantitative estimate of drug-likeness (QED) is 0.490. The molecule has 1 aliphatic carbocycles. The van der Waals surface area contributed by atoms with Crippen LogP contribution in [0.4, 0.5) is 0 Å². The standard InChI is InChI=1S/C7H13NO3/c1-6(8)2-3-7(11,4-6)5(9)10/h11H,2-4,8H2,1H3,(H,9,10). The van der Waals surface area contributed by atoms with Crippen LogP contribution in [-0.2, 0) is 4.79 Å². The van der Waals surface area contributed by atoms with E-state index in [4.69, 9.17) is 10.8 Å². The summed E-state index contributed by atoms with van der Waals surface area (Å²) in [5.41, 5.74) is 3.57. The van der Waals surface area contributed by atoms with Gasteiger partial charge in [0, 0.05) is 12.0 Å². The Bertz CT molecular complexity index is 190. The molecule has 1 rings (SSSR count). The van der Waals surface area contributed by atoms with Crippen molar-refractivity contribution in [2.24, 2.45) is 5.73 Å². The second kappa shape index (κ2) is 2.19. The van der Waals surface area contributed by atoms with Gasteiger partial charge in [-0.15, -0.1) is 0 Å². The molecule has 0 amide bonds. The van der Waals surface area contributed by atoms with Crippen molar-refractivity contribution >= 4 is 5.97 Å². The second-order valence-corrected chi connectivity index (χ2v) is 3.67. The summed E-state index contributed by atoms with van der Waals surface area (Å²) < 4.78 is 0. The van der Waals surface area contributed by atoms with E-state index >= 15 is 0 Å². The fourth-order valence-corrected chi connectivity index (χ4v) is 1.52. The van der Waals surface area contributed by atoms with Crippen molar-refractivity contribution in [2.75, 3.05) is 0 Å². The molecule has 4 nitrogen and oxygen atoms in total. The normalized spacial score (nSPS) is 44.3. The van der Waals surface area contributed by atoms with E-state index in [9.17, 15) is 9.90 Å². The van der Waals surface area contributed by atoms with Gasteiger partial charge in [0.15, 0.2) is 5.60 Å². The zero-order chi connectivity index (χ0) is 8.70. The molecule has 0 aliphatic heterocycles. The molecule has 1 aliphatic rings. The second-order valence-electron chi connectivity index (χ2n) is 3.67. The SMILES string of the molecule is CC1(N)CCC(O)(C(=O)O)C1. The van der Waals surface area contributed by atoms with Gasteiger partial charge in [-0.1, -0.05) is 0 Å². The molecule has 4 N–H and O–H groups in total. The Balaban J connectivity index is 2.73. The highest BCUT2D eigenvalue weighted by molar-refractivity contribution is 5.77. The summed E-state index contributed by atoms with van der Waals surface area (Å²) in [5, 5.41) is 18.0. The molecular formula is C7H13NO3. The van der Waals surface area contributed by atoms with E-state index < -0.39 is 17.1 Å². The molecule has 0 radical (unpaired) electrons. The first-order valence-electron chi connectivity index (χ1n) is 3.60. The van der Waals surface area contributed by atoms with Gasteiger partial charge in [0.1, 0.15) is 0 Å². The van der Waals surface area contributed by atoms with Crippen LogP contribution in [0, 0.1) is 0 Å². The van der Waals surface area contributed by atoms with Crippen LogP contribution in [0.15, 0.2) is 0 Å². The molecule has 0 heterocycles. The average Bonchev–Trinajstić information content (AvgIpc) is 2.08. The molecular weight excluding hydrogens is 146 g/mol. The Morgan fingerprint density at radius 3 is 2.27 bits per heavy atom. The van der Waals surface area contributed by atoms with Gasteiger partial charge < -0.3 is 15.9 Å². The van der Waals surface area contributed by atoms with Gasteiger partial charge in [0.05, 0.1) is 0 Å². The van der Waals surface area contributed by atoms with Crippen molar-refractivity contribution < 1.29 is 15.0 Å². The van der Waals surface area contributed by atoms with Crippen molar-refractivity contribution in [1.29, 1.82) is 0 Å². The summed E-state index contributed by atoms with van der Waals surface area (Å²) in [6.07, 6.45) is 0.973. The molecule has 0 aromatic heterocycles. The van der Waals surface area contributed by atoms with Crippen LogP contribution < -0.4 is 5.73 Å². The lowest BCUT2D eigenvalue weighted by Gasteiger charge is -2.20. The van der Waals surface area contributed by atoms with Crippen LogP contribution in [0.25, 0.3) is 0 Å². The molecule has 64 valence electrons. The van der Waals surface area contributed by atoms with E-state index in [1.807, 2.05) is 0 Å². The minimum atomic E-state index is -1.58. The first-order chi connectivity index (χ1) is 4.86. The first-order valence-corrected chi connectivity index (χ1v) is 3.60. The largest absolute Gasteiger partial charge is 0.479 e. The summed E-state index contributed by atoms with van der Waals surface area (Å²) in [6.45, 7) is 1.76. The minimum Gasteiger partial charge on any atom is -0.479 e. The molecule has 0 aromatic rings. The third kappa shape index (κ3) is 1.52. The van der Waals surface area contributed by atoms with Crippen LogP contribution >= 0.6 is 0 Å². The van der Waals surface area contributed by atoms with Crippen LogP contribution in [0.2, 0.25) is 0 Å². The van der Waals surface area contributed by atoms with Crippen LogP contribution in [0.5, 0.6) is 0 Å². The number of hydrogen-bond donors (Lipinski definition) is 3. The van der Waals surface area contributed by atoms with E-state index in [0.717, 1.165) is 0 Å². The molecule has 1 fully saturated rings. The first kappa shape index (κ1) is 8.49. The summed E-state index contributed by atoms with van der Waals surface area (Å²) >= 11 is 0. The topological polar surface area (TPSA) is 83.5 Å². The van der Waals surface area contributed by atoms with Crippen molar-refractivity contribution in [3.63, 3.8) is 0 Å².